The number of nitrogens with one attached hydrogen (secondary N) is 1. The van der Waals surface area contributed by atoms with Crippen LogP contribution in [0.15, 0.2) is 12.1 Å². The van der Waals surface area contributed by atoms with Crippen molar-refractivity contribution >= 4 is 17.3 Å². The fourth-order valence-corrected chi connectivity index (χ4v) is 2.24. The molecule has 1 heterocycles. The molecule has 6 heteroatoms. The molecule has 2 unspecified atom stereocenters. The Labute approximate surface area is 109 Å². The number of amides is 1. The van der Waals surface area contributed by atoms with Crippen LogP contribution in [0.2, 0.25) is 0 Å². The van der Waals surface area contributed by atoms with E-state index in [1.807, 2.05) is 6.92 Å². The Balaban J connectivity index is 2.13. The molecule has 3 N–H and O–H groups in total. The summed E-state index contributed by atoms with van der Waals surface area (Å²) in [5.74, 6) is -2.32. The third kappa shape index (κ3) is 2.84. The van der Waals surface area contributed by atoms with Crippen molar-refractivity contribution < 1.29 is 18.3 Å². The zero-order chi connectivity index (χ0) is 14.0. The van der Waals surface area contributed by atoms with Gasteiger partial charge in [-0.05, 0) is 18.9 Å². The average molecular weight is 270 g/mol. The molecule has 1 aliphatic heterocycles. The summed E-state index contributed by atoms with van der Waals surface area (Å²) >= 11 is 0. The van der Waals surface area contributed by atoms with Gasteiger partial charge in [-0.15, -0.1) is 0 Å². The van der Waals surface area contributed by atoms with E-state index in [2.05, 4.69) is 5.32 Å². The number of benzene rings is 1. The minimum Gasteiger partial charge on any atom is -0.396 e. The van der Waals surface area contributed by atoms with Crippen molar-refractivity contribution in [2.24, 2.45) is 5.92 Å². The highest BCUT2D eigenvalue weighted by atomic mass is 19.1. The number of nitrogen functional groups attached to an aromatic ring is 1. The largest absolute Gasteiger partial charge is 0.396 e. The molecule has 0 aromatic heterocycles. The van der Waals surface area contributed by atoms with Gasteiger partial charge in [0.25, 0.3) is 0 Å². The molecular formula is C13H16F2N2O2. The third-order valence-corrected chi connectivity index (χ3v) is 3.29. The summed E-state index contributed by atoms with van der Waals surface area (Å²) in [5, 5.41) is 2.44. The van der Waals surface area contributed by atoms with Crippen LogP contribution in [0.1, 0.15) is 19.8 Å². The number of hydrogen-bond acceptors (Lipinski definition) is 3. The lowest BCUT2D eigenvalue weighted by Gasteiger charge is -2.17. The van der Waals surface area contributed by atoms with Gasteiger partial charge in [-0.3, -0.25) is 4.79 Å². The molecule has 0 aliphatic carbocycles. The Hall–Kier alpha value is -1.69. The summed E-state index contributed by atoms with van der Waals surface area (Å²) in [6.07, 6.45) is 1.16. The fraction of sp³-hybridized carbons (Fsp3) is 0.462. The maximum atomic E-state index is 13.5. The second-order valence-corrected chi connectivity index (χ2v) is 4.56. The number of hydrogen-bond donors (Lipinski definition) is 2. The van der Waals surface area contributed by atoms with E-state index in [1.165, 1.54) is 0 Å². The first-order valence-corrected chi connectivity index (χ1v) is 6.20. The summed E-state index contributed by atoms with van der Waals surface area (Å²) in [6.45, 7) is 2.44. The number of halogens is 2. The van der Waals surface area contributed by atoms with E-state index in [1.54, 1.807) is 0 Å². The highest BCUT2D eigenvalue weighted by Gasteiger charge is 2.33. The number of carbonyl (C=O) groups excluding carboxylic acids is 1. The van der Waals surface area contributed by atoms with Gasteiger partial charge in [0.1, 0.15) is 11.6 Å². The number of anilines is 2. The molecular weight excluding hydrogens is 254 g/mol. The van der Waals surface area contributed by atoms with E-state index in [4.69, 9.17) is 10.5 Å². The highest BCUT2D eigenvalue weighted by molar-refractivity contribution is 5.93. The Morgan fingerprint density at radius 1 is 1.47 bits per heavy atom. The quantitative estimate of drug-likeness (QED) is 0.828. The summed E-state index contributed by atoms with van der Waals surface area (Å²) in [7, 11) is 0. The van der Waals surface area contributed by atoms with Crippen LogP contribution in [0.25, 0.3) is 0 Å². The van der Waals surface area contributed by atoms with Crippen molar-refractivity contribution in [2.75, 3.05) is 17.7 Å². The minimum atomic E-state index is -0.842. The van der Waals surface area contributed by atoms with Gasteiger partial charge in [0.15, 0.2) is 0 Å². The maximum Gasteiger partial charge on any atom is 0.230 e. The number of ether oxygens (including phenoxy) is 1. The Morgan fingerprint density at radius 3 is 2.89 bits per heavy atom. The first-order chi connectivity index (χ1) is 9.02. The van der Waals surface area contributed by atoms with Crippen LogP contribution in [0.4, 0.5) is 20.2 Å². The van der Waals surface area contributed by atoms with E-state index >= 15 is 0 Å². The molecule has 4 nitrogen and oxygen atoms in total. The monoisotopic (exact) mass is 270 g/mol. The van der Waals surface area contributed by atoms with Crippen LogP contribution < -0.4 is 11.1 Å². The third-order valence-electron chi connectivity index (χ3n) is 3.29. The zero-order valence-electron chi connectivity index (χ0n) is 10.6. The van der Waals surface area contributed by atoms with Crippen LogP contribution in [-0.4, -0.2) is 18.6 Å². The lowest BCUT2D eigenvalue weighted by molar-refractivity contribution is -0.121. The number of nitrogens with two attached hydrogens (primary N) is 1. The SMILES string of the molecule is CCC1OCCC1C(=O)Nc1cc(N)c(F)cc1F. The maximum absolute atomic E-state index is 13.5. The zero-order valence-corrected chi connectivity index (χ0v) is 10.6. The number of carbonyl (C=O) groups is 1. The normalized spacial score (nSPS) is 22.5. The molecule has 2 rings (SSSR count). The summed E-state index contributed by atoms with van der Waals surface area (Å²) < 4.78 is 31.9. The lowest BCUT2D eigenvalue weighted by atomic mass is 9.98. The van der Waals surface area contributed by atoms with Crippen molar-refractivity contribution in [3.05, 3.63) is 23.8 Å². The van der Waals surface area contributed by atoms with Crippen molar-refractivity contribution in [2.45, 2.75) is 25.9 Å². The van der Waals surface area contributed by atoms with Crippen molar-refractivity contribution in [1.82, 2.24) is 0 Å². The molecule has 1 aromatic carbocycles. The second kappa shape index (κ2) is 5.52. The molecule has 1 aromatic rings. The first kappa shape index (κ1) is 13.7. The van der Waals surface area contributed by atoms with Crippen LogP contribution in [0.5, 0.6) is 0 Å². The molecule has 0 bridgehead atoms. The first-order valence-electron chi connectivity index (χ1n) is 6.20. The van der Waals surface area contributed by atoms with E-state index in [0.29, 0.717) is 25.5 Å². The topological polar surface area (TPSA) is 64.3 Å². The highest BCUT2D eigenvalue weighted by Crippen LogP contribution is 2.26. The van der Waals surface area contributed by atoms with E-state index in [0.717, 1.165) is 6.07 Å². The van der Waals surface area contributed by atoms with Gasteiger partial charge >= 0.3 is 0 Å². The molecule has 104 valence electrons. The van der Waals surface area contributed by atoms with Crippen LogP contribution in [-0.2, 0) is 9.53 Å². The van der Waals surface area contributed by atoms with Crippen molar-refractivity contribution in [1.29, 1.82) is 0 Å². The standard InChI is InChI=1S/C13H16F2N2O2/c1-2-12-7(3-4-19-12)13(18)17-11-6-10(16)8(14)5-9(11)15/h5-7,12H,2-4,16H2,1H3,(H,17,18). The fourth-order valence-electron chi connectivity index (χ4n) is 2.24. The molecule has 0 radical (unpaired) electrons. The molecule has 1 fully saturated rings. The van der Waals surface area contributed by atoms with Crippen LogP contribution >= 0.6 is 0 Å². The number of rotatable bonds is 3. The van der Waals surface area contributed by atoms with Gasteiger partial charge in [-0.2, -0.15) is 0 Å². The minimum absolute atomic E-state index is 0.106. The van der Waals surface area contributed by atoms with Gasteiger partial charge in [-0.1, -0.05) is 6.92 Å². The Bertz CT molecular complexity index is 494. The molecule has 1 saturated heterocycles. The molecule has 1 amide bonds. The van der Waals surface area contributed by atoms with Gasteiger partial charge < -0.3 is 15.8 Å². The van der Waals surface area contributed by atoms with Crippen molar-refractivity contribution in [3.8, 4) is 0 Å². The molecule has 2 atom stereocenters. The van der Waals surface area contributed by atoms with Gasteiger partial charge in [0.05, 0.1) is 23.4 Å². The van der Waals surface area contributed by atoms with E-state index in [9.17, 15) is 13.6 Å². The van der Waals surface area contributed by atoms with Gasteiger partial charge in [-0.25, -0.2) is 8.78 Å². The van der Waals surface area contributed by atoms with Gasteiger partial charge in [0.2, 0.25) is 5.91 Å². The average Bonchev–Trinajstić information content (AvgIpc) is 2.84. The Morgan fingerprint density at radius 2 is 2.21 bits per heavy atom. The molecule has 1 aliphatic rings. The molecule has 0 spiro atoms. The van der Waals surface area contributed by atoms with E-state index in [-0.39, 0.29) is 29.3 Å². The van der Waals surface area contributed by atoms with Crippen LogP contribution in [0.3, 0.4) is 0 Å². The molecule has 19 heavy (non-hydrogen) atoms. The van der Waals surface area contributed by atoms with Crippen molar-refractivity contribution in [3.63, 3.8) is 0 Å². The molecule has 0 saturated carbocycles. The second-order valence-electron chi connectivity index (χ2n) is 4.56. The summed E-state index contributed by atoms with van der Waals surface area (Å²) in [5.41, 5.74) is 5.05. The summed E-state index contributed by atoms with van der Waals surface area (Å²) in [4.78, 5) is 12.0. The lowest BCUT2D eigenvalue weighted by Crippen LogP contribution is -2.29. The predicted molar refractivity (Wildman–Crippen MR) is 67.5 cm³/mol. The predicted octanol–water partition coefficient (Wildman–Crippen LogP) is 2.30. The van der Waals surface area contributed by atoms with E-state index < -0.39 is 11.6 Å². The van der Waals surface area contributed by atoms with Gasteiger partial charge in [0, 0.05) is 12.7 Å². The smallest absolute Gasteiger partial charge is 0.230 e. The Kier molecular flexibility index (Phi) is 3.99. The van der Waals surface area contributed by atoms with Crippen LogP contribution in [0, 0.1) is 17.6 Å². The summed E-state index contributed by atoms with van der Waals surface area (Å²) in [6, 6.07) is 1.74.